The van der Waals surface area contributed by atoms with Gasteiger partial charge >= 0.3 is 0 Å². The second kappa shape index (κ2) is 5.60. The Morgan fingerprint density at radius 2 is 1.79 bits per heavy atom. The maximum atomic E-state index is 10.6. The van der Waals surface area contributed by atoms with Crippen LogP contribution in [-0.4, -0.2) is 10.7 Å². The Hall–Kier alpha value is -0.300. The van der Waals surface area contributed by atoms with Gasteiger partial charge in [-0.25, -0.2) is 0 Å². The first-order valence-electron chi connectivity index (χ1n) is 10.7. The zero-order chi connectivity index (χ0) is 17.2. The molecule has 0 spiro atoms. The second-order valence-electron chi connectivity index (χ2n) is 10.5. The van der Waals surface area contributed by atoms with Gasteiger partial charge in [-0.1, -0.05) is 32.4 Å². The molecule has 0 aromatic rings. The number of hydrogen-bond donors (Lipinski definition) is 1. The van der Waals surface area contributed by atoms with Crippen molar-refractivity contribution in [1.29, 1.82) is 0 Å². The van der Waals surface area contributed by atoms with Crippen molar-refractivity contribution in [3.63, 3.8) is 0 Å². The molecule has 1 N–H and O–H groups in total. The van der Waals surface area contributed by atoms with Crippen LogP contribution in [0.15, 0.2) is 11.6 Å². The molecule has 0 heterocycles. The van der Waals surface area contributed by atoms with E-state index in [4.69, 9.17) is 0 Å². The number of aliphatic hydroxyl groups is 1. The van der Waals surface area contributed by atoms with Crippen molar-refractivity contribution in [3.05, 3.63) is 11.6 Å². The first-order valence-corrected chi connectivity index (χ1v) is 10.7. The molecule has 4 aliphatic carbocycles. The summed E-state index contributed by atoms with van der Waals surface area (Å²) in [6.07, 6.45) is 15.6. The summed E-state index contributed by atoms with van der Waals surface area (Å²) < 4.78 is 0. The second-order valence-corrected chi connectivity index (χ2v) is 10.5. The van der Waals surface area contributed by atoms with Crippen LogP contribution in [0.5, 0.6) is 0 Å². The van der Waals surface area contributed by atoms with E-state index >= 15 is 0 Å². The molecule has 4 fully saturated rings. The molecule has 0 aromatic carbocycles. The van der Waals surface area contributed by atoms with E-state index in [9.17, 15) is 5.11 Å². The molecule has 0 bridgehead atoms. The average Bonchev–Trinajstić information content (AvgIpc) is 2.85. The molecule has 7 atom stereocenters. The SMILES string of the molecule is CC/C=C1/CC[C@H]2C3CC[C@H]4C[C@](C)(O)CC[C@]4(C)[C@H]3CC[C@]12C. The van der Waals surface area contributed by atoms with E-state index in [0.29, 0.717) is 10.8 Å². The van der Waals surface area contributed by atoms with Crippen LogP contribution in [0, 0.1) is 34.5 Å². The van der Waals surface area contributed by atoms with Gasteiger partial charge in [-0.05, 0) is 106 Å². The van der Waals surface area contributed by atoms with Crippen LogP contribution in [-0.2, 0) is 0 Å². The van der Waals surface area contributed by atoms with Gasteiger partial charge in [-0.2, -0.15) is 0 Å². The van der Waals surface area contributed by atoms with E-state index in [1.54, 1.807) is 5.57 Å². The zero-order valence-electron chi connectivity index (χ0n) is 16.4. The Labute approximate surface area is 149 Å². The first-order chi connectivity index (χ1) is 11.3. The highest BCUT2D eigenvalue weighted by molar-refractivity contribution is 5.24. The lowest BCUT2D eigenvalue weighted by Gasteiger charge is -2.61. The fourth-order valence-corrected chi connectivity index (χ4v) is 7.86. The van der Waals surface area contributed by atoms with Gasteiger partial charge in [-0.3, -0.25) is 0 Å². The molecule has 0 aliphatic heterocycles. The van der Waals surface area contributed by atoms with Crippen molar-refractivity contribution in [1.82, 2.24) is 0 Å². The van der Waals surface area contributed by atoms with Gasteiger partial charge < -0.3 is 5.11 Å². The van der Waals surface area contributed by atoms with Crippen LogP contribution in [0.3, 0.4) is 0 Å². The topological polar surface area (TPSA) is 20.2 Å². The number of allylic oxidation sites excluding steroid dienone is 2. The van der Waals surface area contributed by atoms with Crippen molar-refractivity contribution < 1.29 is 5.11 Å². The van der Waals surface area contributed by atoms with E-state index in [2.05, 4.69) is 33.8 Å². The Kier molecular flexibility index (Phi) is 4.00. The van der Waals surface area contributed by atoms with E-state index in [1.807, 2.05) is 0 Å². The van der Waals surface area contributed by atoms with Crippen LogP contribution in [0.4, 0.5) is 0 Å². The minimum Gasteiger partial charge on any atom is -0.390 e. The largest absolute Gasteiger partial charge is 0.390 e. The third-order valence-corrected chi connectivity index (χ3v) is 9.25. The molecule has 0 amide bonds. The minimum atomic E-state index is -0.398. The Morgan fingerprint density at radius 1 is 1.00 bits per heavy atom. The van der Waals surface area contributed by atoms with Crippen molar-refractivity contribution in [2.45, 2.75) is 97.5 Å². The predicted octanol–water partition coefficient (Wildman–Crippen LogP) is 6.12. The van der Waals surface area contributed by atoms with Crippen molar-refractivity contribution in [3.8, 4) is 0 Å². The van der Waals surface area contributed by atoms with Crippen LogP contribution < -0.4 is 0 Å². The summed E-state index contributed by atoms with van der Waals surface area (Å²) >= 11 is 0. The fraction of sp³-hybridized carbons (Fsp3) is 0.913. The highest BCUT2D eigenvalue weighted by Crippen LogP contribution is 2.67. The molecule has 4 saturated carbocycles. The Balaban J connectivity index is 1.61. The van der Waals surface area contributed by atoms with Gasteiger partial charge in [-0.15, -0.1) is 0 Å². The third-order valence-electron chi connectivity index (χ3n) is 9.25. The van der Waals surface area contributed by atoms with Crippen LogP contribution in [0.1, 0.15) is 91.9 Å². The third kappa shape index (κ3) is 2.37. The van der Waals surface area contributed by atoms with Crippen molar-refractivity contribution >= 4 is 0 Å². The first kappa shape index (κ1) is 17.1. The molecule has 0 saturated heterocycles. The smallest absolute Gasteiger partial charge is 0.0622 e. The standard InChI is InChI=1S/C23H38O/c1-5-6-16-8-10-19-18-9-7-17-15-21(2,24)13-14-23(17,4)20(18)11-12-22(16,19)3/h6,17-20,24H,5,7-15H2,1-4H3/b16-6-/t17-,18?,19-,20-,21+,22+,23-/m0/s1. The number of fused-ring (bicyclic) bond motifs is 5. The fourth-order valence-electron chi connectivity index (χ4n) is 7.86. The lowest BCUT2D eigenvalue weighted by molar-refractivity contribution is -0.139. The average molecular weight is 331 g/mol. The molecule has 1 unspecified atom stereocenters. The quantitative estimate of drug-likeness (QED) is 0.574. The summed E-state index contributed by atoms with van der Waals surface area (Å²) in [6.45, 7) is 9.58. The van der Waals surface area contributed by atoms with Gasteiger partial charge in [0.15, 0.2) is 0 Å². The molecule has 4 rings (SSSR count). The normalized spacial score (nSPS) is 55.8. The molecule has 0 aromatic heterocycles. The predicted molar refractivity (Wildman–Crippen MR) is 101 cm³/mol. The molecule has 136 valence electrons. The van der Waals surface area contributed by atoms with Crippen molar-refractivity contribution in [2.75, 3.05) is 0 Å². The van der Waals surface area contributed by atoms with Gasteiger partial charge in [0.2, 0.25) is 0 Å². The summed E-state index contributed by atoms with van der Waals surface area (Å²) in [5.41, 5.74) is 2.42. The monoisotopic (exact) mass is 330 g/mol. The summed E-state index contributed by atoms with van der Waals surface area (Å²) in [5, 5.41) is 10.6. The minimum absolute atomic E-state index is 0.398. The van der Waals surface area contributed by atoms with E-state index in [0.717, 1.165) is 36.5 Å². The summed E-state index contributed by atoms with van der Waals surface area (Å²) in [6, 6.07) is 0. The van der Waals surface area contributed by atoms with Gasteiger partial charge in [0, 0.05) is 0 Å². The number of hydrogen-bond acceptors (Lipinski definition) is 1. The van der Waals surface area contributed by atoms with Crippen LogP contribution >= 0.6 is 0 Å². The van der Waals surface area contributed by atoms with E-state index in [1.165, 1.54) is 51.4 Å². The van der Waals surface area contributed by atoms with Crippen molar-refractivity contribution in [2.24, 2.45) is 34.5 Å². The maximum absolute atomic E-state index is 10.6. The number of rotatable bonds is 1. The Bertz CT molecular complexity index is 532. The molecule has 24 heavy (non-hydrogen) atoms. The Morgan fingerprint density at radius 3 is 2.54 bits per heavy atom. The maximum Gasteiger partial charge on any atom is 0.0622 e. The van der Waals surface area contributed by atoms with Crippen LogP contribution in [0.25, 0.3) is 0 Å². The summed E-state index contributed by atoms with van der Waals surface area (Å²) in [7, 11) is 0. The van der Waals surface area contributed by atoms with Crippen LogP contribution in [0.2, 0.25) is 0 Å². The molecule has 1 nitrogen and oxygen atoms in total. The molecule has 1 heteroatoms. The highest BCUT2D eigenvalue weighted by Gasteiger charge is 2.59. The van der Waals surface area contributed by atoms with Gasteiger partial charge in [0.05, 0.1) is 5.60 Å². The van der Waals surface area contributed by atoms with E-state index in [-0.39, 0.29) is 0 Å². The van der Waals surface area contributed by atoms with Gasteiger partial charge in [0.1, 0.15) is 0 Å². The zero-order valence-corrected chi connectivity index (χ0v) is 16.4. The van der Waals surface area contributed by atoms with E-state index < -0.39 is 5.60 Å². The summed E-state index contributed by atoms with van der Waals surface area (Å²) in [4.78, 5) is 0. The molecular weight excluding hydrogens is 292 g/mol. The lowest BCUT2D eigenvalue weighted by Crippen LogP contribution is -2.55. The molecular formula is C23H38O. The molecule has 4 aliphatic rings. The lowest BCUT2D eigenvalue weighted by atomic mass is 9.44. The highest BCUT2D eigenvalue weighted by atomic mass is 16.3. The summed E-state index contributed by atoms with van der Waals surface area (Å²) in [5.74, 6) is 3.58. The molecule has 0 radical (unpaired) electrons. The van der Waals surface area contributed by atoms with Gasteiger partial charge in [0.25, 0.3) is 0 Å².